The number of ether oxygens (including phenoxy) is 1. The van der Waals surface area contributed by atoms with Crippen LogP contribution in [0.2, 0.25) is 0 Å². The lowest BCUT2D eigenvalue weighted by molar-refractivity contribution is -0.858. The maximum atomic E-state index is 13.7. The van der Waals surface area contributed by atoms with Gasteiger partial charge >= 0.3 is 0 Å². The summed E-state index contributed by atoms with van der Waals surface area (Å²) in [6, 6.07) is 9.66. The summed E-state index contributed by atoms with van der Waals surface area (Å²) >= 11 is 1.46. The van der Waals surface area contributed by atoms with E-state index in [1.165, 1.54) is 28.4 Å². The fourth-order valence-corrected chi connectivity index (χ4v) is 4.11. The van der Waals surface area contributed by atoms with E-state index in [4.69, 9.17) is 9.72 Å². The van der Waals surface area contributed by atoms with Gasteiger partial charge in [-0.05, 0) is 36.8 Å². The highest BCUT2D eigenvalue weighted by Gasteiger charge is 2.23. The molecule has 1 amide bonds. The van der Waals surface area contributed by atoms with Gasteiger partial charge in [0.2, 0.25) is 0 Å². The van der Waals surface area contributed by atoms with Crippen LogP contribution in [0.5, 0.6) is 5.75 Å². The number of benzene rings is 2. The SMILES string of the molecule is COc1ccc(C)c2sc(N(CCC[NH+](C)C)C(=O)c3cccc(F)c3)nc12. The number of aromatic nitrogens is 1. The van der Waals surface area contributed by atoms with E-state index in [9.17, 15) is 9.18 Å². The van der Waals surface area contributed by atoms with Crippen molar-refractivity contribution in [2.45, 2.75) is 13.3 Å². The van der Waals surface area contributed by atoms with Crippen LogP contribution in [0.15, 0.2) is 36.4 Å². The maximum Gasteiger partial charge on any atom is 0.260 e. The van der Waals surface area contributed by atoms with E-state index in [2.05, 4.69) is 14.1 Å². The normalized spacial score (nSPS) is 11.2. The molecule has 148 valence electrons. The fourth-order valence-electron chi connectivity index (χ4n) is 3.03. The van der Waals surface area contributed by atoms with Crippen molar-refractivity contribution < 1.29 is 18.8 Å². The summed E-state index contributed by atoms with van der Waals surface area (Å²) < 4.78 is 20.1. The zero-order chi connectivity index (χ0) is 20.3. The zero-order valence-corrected chi connectivity index (χ0v) is 17.4. The monoisotopic (exact) mass is 402 g/mol. The second-order valence-corrected chi connectivity index (χ2v) is 8.01. The number of anilines is 1. The molecular formula is C21H25FN3O2S+. The summed E-state index contributed by atoms with van der Waals surface area (Å²) in [7, 11) is 5.76. The zero-order valence-electron chi connectivity index (χ0n) is 16.6. The predicted octanol–water partition coefficient (Wildman–Crippen LogP) is 2.93. The molecule has 0 bridgehead atoms. The Hall–Kier alpha value is -2.51. The van der Waals surface area contributed by atoms with Crippen molar-refractivity contribution in [3.63, 3.8) is 0 Å². The van der Waals surface area contributed by atoms with Gasteiger partial charge in [0.25, 0.3) is 5.91 Å². The summed E-state index contributed by atoms with van der Waals surface area (Å²) in [5.74, 6) is 0.00766. The molecule has 0 saturated carbocycles. The molecule has 0 radical (unpaired) electrons. The molecule has 0 atom stereocenters. The minimum Gasteiger partial charge on any atom is -0.494 e. The van der Waals surface area contributed by atoms with Crippen LogP contribution < -0.4 is 14.5 Å². The molecule has 0 aliphatic heterocycles. The summed E-state index contributed by atoms with van der Waals surface area (Å²) in [4.78, 5) is 20.8. The van der Waals surface area contributed by atoms with Crippen LogP contribution in [-0.2, 0) is 0 Å². The van der Waals surface area contributed by atoms with Crippen molar-refractivity contribution >= 4 is 32.6 Å². The van der Waals surface area contributed by atoms with Gasteiger partial charge in [-0.25, -0.2) is 9.37 Å². The van der Waals surface area contributed by atoms with E-state index in [0.717, 1.165) is 28.7 Å². The van der Waals surface area contributed by atoms with Crippen molar-refractivity contribution in [3.05, 3.63) is 53.3 Å². The van der Waals surface area contributed by atoms with Crippen LogP contribution in [0.3, 0.4) is 0 Å². The van der Waals surface area contributed by atoms with Gasteiger partial charge in [0, 0.05) is 18.5 Å². The lowest BCUT2D eigenvalue weighted by Gasteiger charge is -2.20. The first kappa shape index (κ1) is 20.2. The van der Waals surface area contributed by atoms with E-state index >= 15 is 0 Å². The van der Waals surface area contributed by atoms with Crippen LogP contribution in [-0.4, -0.2) is 45.2 Å². The third-order valence-corrected chi connectivity index (χ3v) is 5.73. The van der Waals surface area contributed by atoms with Crippen molar-refractivity contribution in [1.82, 2.24) is 4.98 Å². The second kappa shape index (κ2) is 8.67. The molecule has 1 N–H and O–H groups in total. The number of nitrogens with one attached hydrogen (secondary N) is 1. The van der Waals surface area contributed by atoms with Crippen LogP contribution >= 0.6 is 11.3 Å². The standard InChI is InChI=1S/C21H24FN3O2S/c1-14-9-10-17(27-4)18-19(14)28-21(23-18)25(12-6-11-24(2)3)20(26)15-7-5-8-16(22)13-15/h5,7-10,13H,6,11-12H2,1-4H3/p+1. The van der Waals surface area contributed by atoms with Gasteiger partial charge in [0.1, 0.15) is 17.1 Å². The van der Waals surface area contributed by atoms with Gasteiger partial charge < -0.3 is 9.64 Å². The molecule has 2 aromatic carbocycles. The number of fused-ring (bicyclic) bond motifs is 1. The topological polar surface area (TPSA) is 46.9 Å². The van der Waals surface area contributed by atoms with Crippen molar-refractivity contribution in [1.29, 1.82) is 0 Å². The second-order valence-electron chi connectivity index (χ2n) is 7.04. The van der Waals surface area contributed by atoms with Crippen LogP contribution in [0.4, 0.5) is 9.52 Å². The van der Waals surface area contributed by atoms with Crippen molar-refractivity contribution in [3.8, 4) is 5.75 Å². The average Bonchev–Trinajstić information content (AvgIpc) is 3.11. The third kappa shape index (κ3) is 4.31. The Labute approximate surface area is 168 Å². The lowest BCUT2D eigenvalue weighted by Crippen LogP contribution is -3.05. The largest absolute Gasteiger partial charge is 0.494 e. The summed E-state index contributed by atoms with van der Waals surface area (Å²) in [5.41, 5.74) is 2.15. The molecule has 7 heteroatoms. The van der Waals surface area contributed by atoms with Gasteiger partial charge in [-0.15, -0.1) is 0 Å². The number of hydrogen-bond donors (Lipinski definition) is 1. The van der Waals surface area contributed by atoms with E-state index in [1.54, 1.807) is 24.1 Å². The number of carbonyl (C=O) groups excluding carboxylic acids is 1. The van der Waals surface area contributed by atoms with Crippen LogP contribution in [0.1, 0.15) is 22.3 Å². The lowest BCUT2D eigenvalue weighted by atomic mass is 10.2. The number of quaternary nitrogens is 1. The average molecular weight is 403 g/mol. The molecule has 0 unspecified atom stereocenters. The molecule has 5 nitrogen and oxygen atoms in total. The van der Waals surface area contributed by atoms with E-state index in [0.29, 0.717) is 23.0 Å². The van der Waals surface area contributed by atoms with Gasteiger partial charge in [-0.1, -0.05) is 23.5 Å². The number of carbonyl (C=O) groups is 1. The fraction of sp³-hybridized carbons (Fsp3) is 0.333. The number of nitrogens with zero attached hydrogens (tertiary/aromatic N) is 2. The first-order valence-corrected chi connectivity index (χ1v) is 10.0. The number of aryl methyl sites for hydroxylation is 1. The summed E-state index contributed by atoms with van der Waals surface area (Å²) in [6.45, 7) is 3.44. The molecule has 1 heterocycles. The minimum absolute atomic E-state index is 0.246. The number of amides is 1. The molecule has 0 aliphatic rings. The molecule has 0 saturated heterocycles. The Morgan fingerprint density at radius 2 is 2.07 bits per heavy atom. The molecule has 3 rings (SSSR count). The van der Waals surface area contributed by atoms with E-state index < -0.39 is 5.82 Å². The Balaban J connectivity index is 2.02. The molecule has 28 heavy (non-hydrogen) atoms. The first-order chi connectivity index (χ1) is 13.4. The molecule has 1 aromatic heterocycles. The molecule has 0 fully saturated rings. The van der Waals surface area contributed by atoms with Gasteiger partial charge in [-0.2, -0.15) is 0 Å². The number of hydrogen-bond acceptors (Lipinski definition) is 4. The Bertz CT molecular complexity index is 987. The van der Waals surface area contributed by atoms with Gasteiger partial charge in [0.15, 0.2) is 5.13 Å². The van der Waals surface area contributed by atoms with Crippen LogP contribution in [0, 0.1) is 12.7 Å². The molecule has 3 aromatic rings. The third-order valence-electron chi connectivity index (χ3n) is 4.52. The smallest absolute Gasteiger partial charge is 0.260 e. The van der Waals surface area contributed by atoms with Crippen molar-refractivity contribution in [2.75, 3.05) is 39.2 Å². The van der Waals surface area contributed by atoms with E-state index in [-0.39, 0.29) is 5.91 Å². The summed E-state index contributed by atoms with van der Waals surface area (Å²) in [5, 5.41) is 0.602. The summed E-state index contributed by atoms with van der Waals surface area (Å²) in [6.07, 6.45) is 0.815. The highest BCUT2D eigenvalue weighted by atomic mass is 32.1. The molecule has 0 aliphatic carbocycles. The van der Waals surface area contributed by atoms with Crippen LogP contribution in [0.25, 0.3) is 10.2 Å². The number of thiazole rings is 1. The first-order valence-electron chi connectivity index (χ1n) is 9.21. The Kier molecular flexibility index (Phi) is 6.26. The highest BCUT2D eigenvalue weighted by molar-refractivity contribution is 7.22. The maximum absolute atomic E-state index is 13.7. The number of rotatable bonds is 7. The quantitative estimate of drug-likeness (QED) is 0.661. The molecule has 0 spiro atoms. The Morgan fingerprint density at radius 3 is 2.75 bits per heavy atom. The van der Waals surface area contributed by atoms with Gasteiger partial charge in [0.05, 0.1) is 32.4 Å². The highest BCUT2D eigenvalue weighted by Crippen LogP contribution is 2.36. The van der Waals surface area contributed by atoms with Crippen molar-refractivity contribution in [2.24, 2.45) is 0 Å². The van der Waals surface area contributed by atoms with Gasteiger partial charge in [-0.3, -0.25) is 9.69 Å². The Morgan fingerprint density at radius 1 is 1.29 bits per heavy atom. The molecular weight excluding hydrogens is 377 g/mol. The predicted molar refractivity (Wildman–Crippen MR) is 111 cm³/mol. The van der Waals surface area contributed by atoms with E-state index in [1.807, 2.05) is 19.1 Å². The minimum atomic E-state index is -0.426. The number of methoxy groups -OCH3 is 1. The number of halogens is 1.